The predicted molar refractivity (Wildman–Crippen MR) is 86.7 cm³/mol. The normalized spacial score (nSPS) is 17.6. The molecule has 1 heterocycles. The molecule has 21 heavy (non-hydrogen) atoms. The molecule has 1 aliphatic carbocycles. The molecule has 0 saturated heterocycles. The average Bonchev–Trinajstić information content (AvgIpc) is 3.31. The molecule has 1 aromatic carbocycles. The molecule has 0 amide bonds. The minimum absolute atomic E-state index is 0.0651. The molecule has 0 spiro atoms. The third-order valence-corrected chi connectivity index (χ3v) is 4.48. The first-order chi connectivity index (χ1) is 10.1. The highest BCUT2D eigenvalue weighted by molar-refractivity contribution is 6.76. The van der Waals surface area contributed by atoms with Crippen molar-refractivity contribution in [3.8, 4) is 0 Å². The molecule has 2 aliphatic rings. The van der Waals surface area contributed by atoms with Gasteiger partial charge in [0.25, 0.3) is 0 Å². The summed E-state index contributed by atoms with van der Waals surface area (Å²) in [5, 5.41) is 12.8. The Bertz CT molecular complexity index is 653. The van der Waals surface area contributed by atoms with Crippen molar-refractivity contribution in [1.29, 1.82) is 0 Å². The van der Waals surface area contributed by atoms with Crippen molar-refractivity contribution in [3.63, 3.8) is 0 Å². The zero-order chi connectivity index (χ0) is 15.0. The molecular formula is C15H16BClN2O2. The van der Waals surface area contributed by atoms with Gasteiger partial charge in [0, 0.05) is 10.7 Å². The minimum atomic E-state index is -1.01. The van der Waals surface area contributed by atoms with E-state index >= 15 is 0 Å². The maximum atomic E-state index is 11.0. The van der Waals surface area contributed by atoms with Crippen LogP contribution in [0.4, 0.5) is 0 Å². The second-order valence-corrected chi connectivity index (χ2v) is 6.01. The molecule has 0 atom stereocenters. The molecule has 1 fully saturated rings. The Hall–Kier alpha value is -1.75. The summed E-state index contributed by atoms with van der Waals surface area (Å²) in [5.74, 6) is -0.259. The summed E-state index contributed by atoms with van der Waals surface area (Å²) in [6.07, 6.45) is 4.11. The van der Waals surface area contributed by atoms with Gasteiger partial charge in [0.15, 0.2) is 6.71 Å². The number of carbonyl (C=O) groups is 1. The van der Waals surface area contributed by atoms with Crippen LogP contribution >= 0.6 is 11.6 Å². The summed E-state index contributed by atoms with van der Waals surface area (Å²) in [7, 11) is 0. The van der Waals surface area contributed by atoms with E-state index in [9.17, 15) is 4.79 Å². The van der Waals surface area contributed by atoms with Gasteiger partial charge in [0.1, 0.15) is 12.4 Å². The van der Waals surface area contributed by atoms with Gasteiger partial charge in [0.05, 0.1) is 0 Å². The number of aliphatic carboxylic acids is 1. The molecule has 0 unspecified atom stereocenters. The second-order valence-electron chi connectivity index (χ2n) is 5.60. The van der Waals surface area contributed by atoms with E-state index in [1.165, 1.54) is 18.3 Å². The summed E-state index contributed by atoms with van der Waals surface area (Å²) in [6, 6.07) is 5.94. The Labute approximate surface area is 129 Å². The van der Waals surface area contributed by atoms with Crippen molar-refractivity contribution in [3.05, 3.63) is 34.9 Å². The van der Waals surface area contributed by atoms with Gasteiger partial charge in [-0.15, -0.1) is 0 Å². The molecule has 1 aliphatic heterocycles. The van der Waals surface area contributed by atoms with Gasteiger partial charge >= 0.3 is 5.97 Å². The molecule has 3 rings (SSSR count). The fraction of sp³-hybridized carbons (Fsp3) is 0.333. The Morgan fingerprint density at radius 2 is 2.24 bits per heavy atom. The molecule has 1 saturated carbocycles. The Kier molecular flexibility index (Phi) is 3.76. The number of benzene rings is 1. The molecule has 0 aromatic heterocycles. The van der Waals surface area contributed by atoms with E-state index in [0.29, 0.717) is 6.71 Å². The van der Waals surface area contributed by atoms with Crippen LogP contribution in [-0.2, 0) is 4.79 Å². The number of carboxylic acids is 1. The first-order valence-corrected chi connectivity index (χ1v) is 7.47. The van der Waals surface area contributed by atoms with E-state index in [0.717, 1.165) is 22.1 Å². The van der Waals surface area contributed by atoms with Crippen LogP contribution in [0.5, 0.6) is 0 Å². The van der Waals surface area contributed by atoms with Crippen LogP contribution in [0.1, 0.15) is 18.4 Å². The van der Waals surface area contributed by atoms with E-state index in [2.05, 4.69) is 23.2 Å². The lowest BCUT2D eigenvalue weighted by atomic mass is 9.43. The van der Waals surface area contributed by atoms with Gasteiger partial charge in [-0.2, -0.15) is 0 Å². The standard InChI is InChI=1S/C15H16BClN2O2/c1-16(10-3-4-10)11-5-2-9(6-12(11)17)13-7-14(15(20)21)19-8-18-13/h2,5-7,10,18H,3-4,8H2,1H3,(H,20,21). The largest absolute Gasteiger partial charge is 0.477 e. The quantitative estimate of drug-likeness (QED) is 0.839. The number of hydrogen-bond donors (Lipinski definition) is 2. The van der Waals surface area contributed by atoms with Gasteiger partial charge in [-0.05, 0) is 17.7 Å². The van der Waals surface area contributed by atoms with Crippen LogP contribution in [0.15, 0.2) is 29.3 Å². The van der Waals surface area contributed by atoms with E-state index < -0.39 is 5.97 Å². The maximum absolute atomic E-state index is 11.0. The monoisotopic (exact) mass is 302 g/mol. The van der Waals surface area contributed by atoms with E-state index in [1.807, 2.05) is 12.1 Å². The van der Waals surface area contributed by atoms with Gasteiger partial charge in [-0.25, -0.2) is 4.79 Å². The topological polar surface area (TPSA) is 61.7 Å². The predicted octanol–water partition coefficient (Wildman–Crippen LogP) is 2.26. The van der Waals surface area contributed by atoms with Gasteiger partial charge < -0.3 is 10.4 Å². The molecule has 4 nitrogen and oxygen atoms in total. The zero-order valence-electron chi connectivity index (χ0n) is 11.8. The first-order valence-electron chi connectivity index (χ1n) is 7.09. The van der Waals surface area contributed by atoms with Crippen LogP contribution in [0.25, 0.3) is 5.70 Å². The van der Waals surface area contributed by atoms with Gasteiger partial charge in [0.2, 0.25) is 0 Å². The van der Waals surface area contributed by atoms with Crippen LogP contribution in [0, 0.1) is 0 Å². The summed E-state index contributed by atoms with van der Waals surface area (Å²) in [4.78, 5) is 14.9. The van der Waals surface area contributed by atoms with Crippen molar-refractivity contribution < 1.29 is 9.90 Å². The van der Waals surface area contributed by atoms with Crippen LogP contribution in [-0.4, -0.2) is 30.2 Å². The summed E-state index contributed by atoms with van der Waals surface area (Å²) >= 11 is 6.41. The first kappa shape index (κ1) is 14.2. The Morgan fingerprint density at radius 1 is 1.48 bits per heavy atom. The SMILES string of the molecule is CB(c1ccc(C2=CC(C(=O)O)=NCN2)cc1Cl)C1CC1. The lowest BCUT2D eigenvalue weighted by Crippen LogP contribution is -2.28. The molecule has 6 heteroatoms. The third kappa shape index (κ3) is 2.98. The van der Waals surface area contributed by atoms with Crippen molar-refractivity contribution in [2.45, 2.75) is 25.5 Å². The zero-order valence-corrected chi connectivity index (χ0v) is 12.5. The lowest BCUT2D eigenvalue weighted by Gasteiger charge is -2.16. The van der Waals surface area contributed by atoms with Gasteiger partial charge in [-0.1, -0.05) is 54.7 Å². The third-order valence-electron chi connectivity index (χ3n) is 4.15. The number of halogens is 1. The molecule has 0 radical (unpaired) electrons. The van der Waals surface area contributed by atoms with E-state index in [1.54, 1.807) is 6.08 Å². The second kappa shape index (κ2) is 5.56. The van der Waals surface area contributed by atoms with Crippen LogP contribution < -0.4 is 10.8 Å². The van der Waals surface area contributed by atoms with Crippen LogP contribution in [0.3, 0.4) is 0 Å². The van der Waals surface area contributed by atoms with Gasteiger partial charge in [-0.3, -0.25) is 4.99 Å². The molecule has 0 bridgehead atoms. The number of rotatable bonds is 4. The summed E-state index contributed by atoms with van der Waals surface area (Å²) in [5.41, 5.74) is 2.87. The molecule has 2 N–H and O–H groups in total. The smallest absolute Gasteiger partial charge is 0.354 e. The lowest BCUT2D eigenvalue weighted by molar-refractivity contribution is -0.129. The highest BCUT2D eigenvalue weighted by Gasteiger charge is 2.32. The number of carboxylic acid groups (broad SMARTS) is 1. The number of nitrogens with zero attached hydrogens (tertiary/aromatic N) is 1. The van der Waals surface area contributed by atoms with Crippen LogP contribution in [0.2, 0.25) is 17.7 Å². The Balaban J connectivity index is 1.88. The average molecular weight is 303 g/mol. The molecular weight excluding hydrogens is 286 g/mol. The van der Waals surface area contributed by atoms with E-state index in [4.69, 9.17) is 16.7 Å². The number of nitrogens with one attached hydrogen (secondary N) is 1. The Morgan fingerprint density at radius 3 is 2.86 bits per heavy atom. The highest BCUT2D eigenvalue weighted by Crippen LogP contribution is 2.39. The van der Waals surface area contributed by atoms with Crippen molar-refractivity contribution in [2.24, 2.45) is 4.99 Å². The van der Waals surface area contributed by atoms with E-state index in [-0.39, 0.29) is 12.4 Å². The number of hydrogen-bond acceptors (Lipinski definition) is 3. The van der Waals surface area contributed by atoms with Crippen molar-refractivity contribution >= 4 is 41.2 Å². The van der Waals surface area contributed by atoms with Crippen molar-refractivity contribution in [2.75, 3.05) is 6.67 Å². The highest BCUT2D eigenvalue weighted by atomic mass is 35.5. The fourth-order valence-corrected chi connectivity index (χ4v) is 3.02. The molecule has 108 valence electrons. The maximum Gasteiger partial charge on any atom is 0.354 e. The summed E-state index contributed by atoms with van der Waals surface area (Å²) < 4.78 is 0. The minimum Gasteiger partial charge on any atom is -0.477 e. The fourth-order valence-electron chi connectivity index (χ4n) is 2.67. The summed E-state index contributed by atoms with van der Waals surface area (Å²) in [6.45, 7) is 2.97. The number of aliphatic imine (C=N–C) groups is 1. The molecule has 1 aromatic rings. The van der Waals surface area contributed by atoms with Crippen molar-refractivity contribution in [1.82, 2.24) is 5.32 Å².